The number of carbonyl (C=O) groups is 2. The van der Waals surface area contributed by atoms with Gasteiger partial charge in [0.1, 0.15) is 0 Å². The molecule has 0 aliphatic carbocycles. The standard InChI is InChI=1S/C8H9NO3S/c1-5-2-3-13-7(5)6(8(11)12)9-4-10/h2-4,6H,1H3,(H,9,10)(H,11,12). The van der Waals surface area contributed by atoms with Crippen LogP contribution in [0.15, 0.2) is 11.4 Å². The number of hydrogen-bond acceptors (Lipinski definition) is 3. The van der Waals surface area contributed by atoms with E-state index in [1.165, 1.54) is 11.3 Å². The van der Waals surface area contributed by atoms with Crippen LogP contribution in [0.4, 0.5) is 0 Å². The number of aryl methyl sites for hydroxylation is 1. The lowest BCUT2D eigenvalue weighted by atomic mass is 10.2. The Morgan fingerprint density at radius 1 is 1.77 bits per heavy atom. The Morgan fingerprint density at radius 2 is 2.46 bits per heavy atom. The van der Waals surface area contributed by atoms with Gasteiger partial charge in [-0.2, -0.15) is 0 Å². The van der Waals surface area contributed by atoms with Gasteiger partial charge < -0.3 is 10.4 Å². The SMILES string of the molecule is Cc1ccsc1C(NC=O)C(=O)O. The maximum Gasteiger partial charge on any atom is 0.331 e. The van der Waals surface area contributed by atoms with Gasteiger partial charge in [-0.1, -0.05) is 0 Å². The summed E-state index contributed by atoms with van der Waals surface area (Å²) >= 11 is 1.32. The van der Waals surface area contributed by atoms with E-state index in [9.17, 15) is 9.59 Å². The third-order valence-electron chi connectivity index (χ3n) is 1.65. The van der Waals surface area contributed by atoms with Crippen LogP contribution in [-0.2, 0) is 9.59 Å². The molecule has 1 unspecified atom stereocenters. The second kappa shape index (κ2) is 4.04. The topological polar surface area (TPSA) is 66.4 Å². The van der Waals surface area contributed by atoms with E-state index in [1.807, 2.05) is 13.0 Å². The Hall–Kier alpha value is -1.36. The Morgan fingerprint density at radius 3 is 2.85 bits per heavy atom. The molecule has 0 saturated carbocycles. The van der Waals surface area contributed by atoms with Gasteiger partial charge in [0.15, 0.2) is 6.04 Å². The predicted octanol–water partition coefficient (Wildman–Crippen LogP) is 0.928. The van der Waals surface area contributed by atoms with Crippen LogP contribution in [0, 0.1) is 6.92 Å². The molecular formula is C8H9NO3S. The minimum absolute atomic E-state index is 0.401. The van der Waals surface area contributed by atoms with Crippen molar-refractivity contribution in [3.63, 3.8) is 0 Å². The highest BCUT2D eigenvalue weighted by molar-refractivity contribution is 7.10. The molecule has 0 saturated heterocycles. The Balaban J connectivity index is 2.94. The third-order valence-corrected chi connectivity index (χ3v) is 2.73. The number of carboxylic acid groups (broad SMARTS) is 1. The molecule has 0 spiro atoms. The molecule has 0 aliphatic rings. The zero-order chi connectivity index (χ0) is 9.84. The molecule has 13 heavy (non-hydrogen) atoms. The van der Waals surface area contributed by atoms with Gasteiger partial charge in [-0.3, -0.25) is 4.79 Å². The second-order valence-corrected chi connectivity index (χ2v) is 3.47. The van der Waals surface area contributed by atoms with Crippen LogP contribution in [0.25, 0.3) is 0 Å². The van der Waals surface area contributed by atoms with E-state index in [4.69, 9.17) is 5.11 Å². The van der Waals surface area contributed by atoms with Gasteiger partial charge in [-0.25, -0.2) is 4.79 Å². The van der Waals surface area contributed by atoms with Crippen LogP contribution in [-0.4, -0.2) is 17.5 Å². The lowest BCUT2D eigenvalue weighted by Gasteiger charge is -2.09. The van der Waals surface area contributed by atoms with E-state index in [2.05, 4.69) is 5.32 Å². The number of thiophene rings is 1. The second-order valence-electron chi connectivity index (χ2n) is 2.52. The van der Waals surface area contributed by atoms with Gasteiger partial charge in [-0.05, 0) is 23.9 Å². The molecule has 0 aromatic carbocycles. The lowest BCUT2D eigenvalue weighted by Crippen LogP contribution is -2.26. The van der Waals surface area contributed by atoms with Crippen molar-refractivity contribution < 1.29 is 14.7 Å². The molecule has 0 fully saturated rings. The van der Waals surface area contributed by atoms with Crippen LogP contribution in [0.3, 0.4) is 0 Å². The molecule has 70 valence electrons. The van der Waals surface area contributed by atoms with E-state index >= 15 is 0 Å². The smallest absolute Gasteiger partial charge is 0.331 e. The molecule has 5 heteroatoms. The fourth-order valence-corrected chi connectivity index (χ4v) is 1.98. The van der Waals surface area contributed by atoms with Crippen LogP contribution in [0.2, 0.25) is 0 Å². The van der Waals surface area contributed by atoms with Gasteiger partial charge in [0, 0.05) is 4.88 Å². The molecule has 0 bridgehead atoms. The van der Waals surface area contributed by atoms with Crippen molar-refractivity contribution in [2.75, 3.05) is 0 Å². The van der Waals surface area contributed by atoms with E-state index in [-0.39, 0.29) is 0 Å². The van der Waals surface area contributed by atoms with Gasteiger partial charge in [-0.15, -0.1) is 11.3 Å². The van der Waals surface area contributed by atoms with E-state index in [1.54, 1.807) is 5.38 Å². The summed E-state index contributed by atoms with van der Waals surface area (Å²) in [5.41, 5.74) is 0.881. The summed E-state index contributed by atoms with van der Waals surface area (Å²) in [6, 6.07) is 0.903. The minimum Gasteiger partial charge on any atom is -0.479 e. The zero-order valence-electron chi connectivity index (χ0n) is 6.98. The predicted molar refractivity (Wildman–Crippen MR) is 48.6 cm³/mol. The molecule has 0 aliphatic heterocycles. The summed E-state index contributed by atoms with van der Waals surface area (Å²) in [5, 5.41) is 12.8. The molecule has 1 heterocycles. The highest BCUT2D eigenvalue weighted by Crippen LogP contribution is 2.23. The number of carbonyl (C=O) groups excluding carboxylic acids is 1. The molecule has 1 atom stereocenters. The summed E-state index contributed by atoms with van der Waals surface area (Å²) < 4.78 is 0. The van der Waals surface area contributed by atoms with Gasteiger partial charge in [0.25, 0.3) is 0 Å². The van der Waals surface area contributed by atoms with Crippen LogP contribution >= 0.6 is 11.3 Å². The van der Waals surface area contributed by atoms with E-state index in [0.29, 0.717) is 11.3 Å². The summed E-state index contributed by atoms with van der Waals surface area (Å²) in [4.78, 5) is 21.5. The molecule has 1 rings (SSSR count). The Kier molecular flexibility index (Phi) is 3.02. The first-order valence-electron chi connectivity index (χ1n) is 3.63. The normalized spacial score (nSPS) is 12.1. The molecule has 1 aromatic heterocycles. The third kappa shape index (κ3) is 2.06. The molecule has 1 amide bonds. The summed E-state index contributed by atoms with van der Waals surface area (Å²) in [6.45, 7) is 1.81. The zero-order valence-corrected chi connectivity index (χ0v) is 7.80. The molecule has 4 nitrogen and oxygen atoms in total. The highest BCUT2D eigenvalue weighted by atomic mass is 32.1. The fraction of sp³-hybridized carbons (Fsp3) is 0.250. The average Bonchev–Trinajstić information content (AvgIpc) is 2.47. The van der Waals surface area contributed by atoms with Gasteiger partial charge in [0.2, 0.25) is 6.41 Å². The fourth-order valence-electron chi connectivity index (χ4n) is 1.01. The van der Waals surface area contributed by atoms with Crippen molar-refractivity contribution in [1.29, 1.82) is 0 Å². The summed E-state index contributed by atoms with van der Waals surface area (Å²) in [5.74, 6) is -1.04. The first kappa shape index (κ1) is 9.73. The molecule has 0 radical (unpaired) electrons. The first-order chi connectivity index (χ1) is 6.16. The van der Waals surface area contributed by atoms with Gasteiger partial charge >= 0.3 is 5.97 Å². The van der Waals surface area contributed by atoms with Crippen molar-refractivity contribution in [1.82, 2.24) is 5.32 Å². The van der Waals surface area contributed by atoms with Gasteiger partial charge in [0.05, 0.1) is 0 Å². The van der Waals surface area contributed by atoms with E-state index < -0.39 is 12.0 Å². The Bertz CT molecular complexity index is 321. The van der Waals surface area contributed by atoms with Crippen molar-refractivity contribution in [3.05, 3.63) is 21.9 Å². The minimum atomic E-state index is -1.04. The van der Waals surface area contributed by atoms with Crippen LogP contribution in [0.1, 0.15) is 16.5 Å². The number of carboxylic acids is 1. The first-order valence-corrected chi connectivity index (χ1v) is 4.51. The molecule has 1 aromatic rings. The summed E-state index contributed by atoms with van der Waals surface area (Å²) in [7, 11) is 0. The maximum absolute atomic E-state index is 10.7. The molecule has 2 N–H and O–H groups in total. The quantitative estimate of drug-likeness (QED) is 0.709. The lowest BCUT2D eigenvalue weighted by molar-refractivity contribution is -0.140. The van der Waals surface area contributed by atoms with Crippen LogP contribution < -0.4 is 5.32 Å². The maximum atomic E-state index is 10.7. The summed E-state index contributed by atoms with van der Waals surface area (Å²) in [6.07, 6.45) is 0.401. The largest absolute Gasteiger partial charge is 0.479 e. The van der Waals surface area contributed by atoms with Crippen LogP contribution in [0.5, 0.6) is 0 Å². The number of aliphatic carboxylic acids is 1. The van der Waals surface area contributed by atoms with Crippen molar-refractivity contribution in [2.45, 2.75) is 13.0 Å². The Labute approximate surface area is 79.2 Å². The highest BCUT2D eigenvalue weighted by Gasteiger charge is 2.21. The number of hydrogen-bond donors (Lipinski definition) is 2. The number of nitrogens with one attached hydrogen (secondary N) is 1. The van der Waals surface area contributed by atoms with Crippen molar-refractivity contribution in [3.8, 4) is 0 Å². The van der Waals surface area contributed by atoms with Crippen molar-refractivity contribution in [2.24, 2.45) is 0 Å². The number of amides is 1. The average molecular weight is 199 g/mol. The molecular weight excluding hydrogens is 190 g/mol. The number of rotatable bonds is 4. The van der Waals surface area contributed by atoms with Crippen molar-refractivity contribution >= 4 is 23.7 Å². The monoisotopic (exact) mass is 199 g/mol. The van der Waals surface area contributed by atoms with E-state index in [0.717, 1.165) is 5.56 Å².